The molecule has 0 bridgehead atoms. The maximum atomic E-state index is 11.7. The van der Waals surface area contributed by atoms with E-state index in [1.807, 2.05) is 6.07 Å². The summed E-state index contributed by atoms with van der Waals surface area (Å²) >= 11 is 5.84. The summed E-state index contributed by atoms with van der Waals surface area (Å²) in [5.41, 5.74) is 1.18. The number of ether oxygens (including phenoxy) is 1. The van der Waals surface area contributed by atoms with E-state index in [2.05, 4.69) is 4.98 Å². The van der Waals surface area contributed by atoms with Gasteiger partial charge in [-0.15, -0.1) is 0 Å². The van der Waals surface area contributed by atoms with Crippen molar-refractivity contribution in [2.45, 2.75) is 19.6 Å². The van der Waals surface area contributed by atoms with Gasteiger partial charge in [-0.3, -0.25) is 4.90 Å². The fraction of sp³-hybridized carbons (Fsp3) is 0.417. The lowest BCUT2D eigenvalue weighted by Gasteiger charge is -2.32. The Morgan fingerprint density at radius 3 is 3.16 bits per heavy atom. The molecule has 100 valence electrons. The molecule has 6 nitrogen and oxygen atoms in total. The van der Waals surface area contributed by atoms with E-state index in [9.17, 15) is 9.90 Å². The number of halogens is 1. The normalized spacial score (nSPS) is 17.6. The zero-order chi connectivity index (χ0) is 14.0. The van der Waals surface area contributed by atoms with Crippen LogP contribution in [0, 0.1) is 11.3 Å². The molecule has 0 fully saturated rings. The highest BCUT2D eigenvalue weighted by atomic mass is 35.5. The average Bonchev–Trinajstić information content (AvgIpc) is 2.38. The molecule has 0 aliphatic carbocycles. The Morgan fingerprint density at radius 2 is 2.53 bits per heavy atom. The van der Waals surface area contributed by atoms with Crippen LogP contribution in [0.1, 0.15) is 30.0 Å². The van der Waals surface area contributed by atoms with E-state index in [4.69, 9.17) is 21.6 Å². The first-order valence-electron chi connectivity index (χ1n) is 5.79. The molecule has 1 N–H and O–H groups in total. The lowest BCUT2D eigenvalue weighted by atomic mass is 10.0. The quantitative estimate of drug-likeness (QED) is 0.790. The molecule has 1 atom stereocenters. The van der Waals surface area contributed by atoms with Crippen LogP contribution in [0.4, 0.5) is 4.79 Å². The first-order valence-corrected chi connectivity index (χ1v) is 6.17. The van der Waals surface area contributed by atoms with Crippen LogP contribution in [0.25, 0.3) is 0 Å². The van der Waals surface area contributed by atoms with Crippen molar-refractivity contribution in [3.8, 4) is 6.07 Å². The summed E-state index contributed by atoms with van der Waals surface area (Å²) in [7, 11) is 0. The van der Waals surface area contributed by atoms with Crippen LogP contribution in [0.5, 0.6) is 0 Å². The van der Waals surface area contributed by atoms with Crippen LogP contribution in [-0.4, -0.2) is 34.2 Å². The van der Waals surface area contributed by atoms with Gasteiger partial charge in [0.05, 0.1) is 17.9 Å². The number of aliphatic hydroxyl groups is 1. The minimum Gasteiger partial charge on any atom is -0.450 e. The van der Waals surface area contributed by atoms with Gasteiger partial charge in [0, 0.05) is 18.5 Å². The van der Waals surface area contributed by atoms with Gasteiger partial charge in [-0.25, -0.2) is 9.78 Å². The Morgan fingerprint density at radius 1 is 1.79 bits per heavy atom. The van der Waals surface area contributed by atoms with E-state index in [1.54, 1.807) is 6.92 Å². The topological polar surface area (TPSA) is 86.5 Å². The van der Waals surface area contributed by atoms with E-state index in [1.165, 1.54) is 11.0 Å². The number of pyridine rings is 1. The minimum atomic E-state index is -1.17. The molecule has 1 aromatic rings. The summed E-state index contributed by atoms with van der Waals surface area (Å²) in [5, 5.41) is 19.2. The third-order valence-electron chi connectivity index (χ3n) is 2.87. The Bertz CT molecular complexity index is 556. The van der Waals surface area contributed by atoms with Crippen LogP contribution in [0.15, 0.2) is 6.07 Å². The molecule has 0 saturated carbocycles. The number of amides is 1. The summed E-state index contributed by atoms with van der Waals surface area (Å²) in [5.74, 6) is 0. The monoisotopic (exact) mass is 281 g/mol. The van der Waals surface area contributed by atoms with E-state index < -0.39 is 12.3 Å². The SMILES string of the molecule is CCOC(=O)N1CCc2nc(Cl)c(C#N)cc2[C@H]1O. The molecule has 7 heteroatoms. The van der Waals surface area contributed by atoms with Crippen molar-refractivity contribution in [2.24, 2.45) is 0 Å². The van der Waals surface area contributed by atoms with E-state index in [0.29, 0.717) is 24.2 Å². The fourth-order valence-corrected chi connectivity index (χ4v) is 2.16. The molecule has 0 radical (unpaired) electrons. The van der Waals surface area contributed by atoms with Crippen molar-refractivity contribution in [3.63, 3.8) is 0 Å². The van der Waals surface area contributed by atoms with Crippen molar-refractivity contribution in [1.82, 2.24) is 9.88 Å². The molecule has 19 heavy (non-hydrogen) atoms. The van der Waals surface area contributed by atoms with Crippen molar-refractivity contribution >= 4 is 17.7 Å². The number of fused-ring (bicyclic) bond motifs is 1. The highest BCUT2D eigenvalue weighted by molar-refractivity contribution is 6.30. The molecule has 1 aromatic heterocycles. The second-order valence-electron chi connectivity index (χ2n) is 3.99. The van der Waals surface area contributed by atoms with Crippen LogP contribution < -0.4 is 0 Å². The third kappa shape index (κ3) is 2.48. The van der Waals surface area contributed by atoms with Gasteiger partial charge in [-0.05, 0) is 13.0 Å². The molecule has 2 heterocycles. The maximum Gasteiger partial charge on any atom is 0.412 e. The standard InChI is InChI=1S/C12H12ClN3O3/c1-2-19-12(18)16-4-3-9-8(11(16)17)5-7(6-14)10(13)15-9/h5,11,17H,2-4H2,1H3/t11-/m1/s1. The smallest absolute Gasteiger partial charge is 0.412 e. The molecule has 1 amide bonds. The molecule has 1 aliphatic heterocycles. The Hall–Kier alpha value is -1.84. The van der Waals surface area contributed by atoms with Crippen LogP contribution in [0.2, 0.25) is 5.15 Å². The van der Waals surface area contributed by atoms with Gasteiger partial charge >= 0.3 is 6.09 Å². The molecular formula is C12H12ClN3O3. The molecule has 1 aliphatic rings. The summed E-state index contributed by atoms with van der Waals surface area (Å²) in [4.78, 5) is 16.9. The van der Waals surface area contributed by atoms with Gasteiger partial charge in [-0.2, -0.15) is 5.26 Å². The van der Waals surface area contributed by atoms with Crippen LogP contribution in [0.3, 0.4) is 0 Å². The highest BCUT2D eigenvalue weighted by Crippen LogP contribution is 2.29. The Labute approximate surface area is 115 Å². The second-order valence-corrected chi connectivity index (χ2v) is 4.35. The summed E-state index contributed by atoms with van der Waals surface area (Å²) in [6.45, 7) is 2.22. The highest BCUT2D eigenvalue weighted by Gasteiger charge is 2.31. The number of nitrogens with zero attached hydrogens (tertiary/aromatic N) is 3. The molecule has 0 aromatic carbocycles. The summed E-state index contributed by atoms with van der Waals surface area (Å²) in [6, 6.07) is 3.35. The number of rotatable bonds is 1. The second kappa shape index (κ2) is 5.43. The lowest BCUT2D eigenvalue weighted by molar-refractivity contribution is -0.00748. The number of nitriles is 1. The van der Waals surface area contributed by atoms with Crippen molar-refractivity contribution in [1.29, 1.82) is 5.26 Å². The number of hydrogen-bond donors (Lipinski definition) is 1. The van der Waals surface area contributed by atoms with Gasteiger partial charge in [-0.1, -0.05) is 11.6 Å². The van der Waals surface area contributed by atoms with Crippen molar-refractivity contribution in [2.75, 3.05) is 13.2 Å². The van der Waals surface area contributed by atoms with Crippen molar-refractivity contribution in [3.05, 3.63) is 28.0 Å². The minimum absolute atomic E-state index is 0.109. The maximum absolute atomic E-state index is 11.7. The number of carbonyl (C=O) groups excluding carboxylic acids is 1. The Kier molecular flexibility index (Phi) is 3.88. The molecule has 2 rings (SSSR count). The van der Waals surface area contributed by atoms with E-state index in [0.717, 1.165) is 0 Å². The van der Waals surface area contributed by atoms with E-state index >= 15 is 0 Å². The number of hydrogen-bond acceptors (Lipinski definition) is 5. The van der Waals surface area contributed by atoms with Gasteiger partial charge in [0.15, 0.2) is 6.23 Å². The predicted molar refractivity (Wildman–Crippen MR) is 66.4 cm³/mol. The summed E-state index contributed by atoms with van der Waals surface area (Å²) < 4.78 is 4.86. The van der Waals surface area contributed by atoms with Gasteiger partial charge in [0.25, 0.3) is 0 Å². The number of aromatic nitrogens is 1. The van der Waals surface area contributed by atoms with Gasteiger partial charge in [0.2, 0.25) is 0 Å². The third-order valence-corrected chi connectivity index (χ3v) is 3.16. The van der Waals surface area contributed by atoms with E-state index in [-0.39, 0.29) is 17.3 Å². The predicted octanol–water partition coefficient (Wildman–Crippen LogP) is 1.61. The van der Waals surface area contributed by atoms with Gasteiger partial charge in [0.1, 0.15) is 11.2 Å². The number of aliphatic hydroxyl groups excluding tert-OH is 1. The lowest BCUT2D eigenvalue weighted by Crippen LogP contribution is -2.40. The first kappa shape index (κ1) is 13.6. The molecule has 0 spiro atoms. The number of carbonyl (C=O) groups is 1. The Balaban J connectivity index is 2.35. The van der Waals surface area contributed by atoms with Gasteiger partial charge < -0.3 is 9.84 Å². The largest absolute Gasteiger partial charge is 0.450 e. The zero-order valence-corrected chi connectivity index (χ0v) is 11.0. The van der Waals surface area contributed by atoms with Crippen LogP contribution >= 0.6 is 11.6 Å². The molecular weight excluding hydrogens is 270 g/mol. The summed E-state index contributed by atoms with van der Waals surface area (Å²) in [6.07, 6.45) is -1.30. The van der Waals surface area contributed by atoms with Crippen LogP contribution in [-0.2, 0) is 11.2 Å². The molecule has 0 unspecified atom stereocenters. The zero-order valence-electron chi connectivity index (χ0n) is 10.3. The fourth-order valence-electron chi connectivity index (χ4n) is 1.96. The average molecular weight is 282 g/mol. The van der Waals surface area contributed by atoms with Crippen molar-refractivity contribution < 1.29 is 14.6 Å². The first-order chi connectivity index (χ1) is 9.08. The molecule has 0 saturated heterocycles.